The summed E-state index contributed by atoms with van der Waals surface area (Å²) in [4.78, 5) is 28.9. The third-order valence-electron chi connectivity index (χ3n) is 9.78. The summed E-state index contributed by atoms with van der Waals surface area (Å²) in [5.74, 6) is 6.84. The highest BCUT2D eigenvalue weighted by molar-refractivity contribution is 7.99. The maximum absolute atomic E-state index is 13.6. The second-order valence-electron chi connectivity index (χ2n) is 14.8. The van der Waals surface area contributed by atoms with Gasteiger partial charge in [-0.2, -0.15) is 5.10 Å². The van der Waals surface area contributed by atoms with Gasteiger partial charge in [-0.25, -0.2) is 4.79 Å². The lowest BCUT2D eigenvalue weighted by Crippen LogP contribution is -2.40. The minimum absolute atomic E-state index is 0.116. The number of carbonyl (C=O) groups is 2. The van der Waals surface area contributed by atoms with Gasteiger partial charge in [0.25, 0.3) is 5.91 Å². The molecule has 4 aromatic carbocycles. The van der Waals surface area contributed by atoms with Crippen molar-refractivity contribution in [1.82, 2.24) is 10.2 Å². The van der Waals surface area contributed by atoms with Gasteiger partial charge in [0.05, 0.1) is 25.1 Å². The Morgan fingerprint density at radius 3 is 2.40 bits per heavy atom. The number of nitrogens with one attached hydrogen (secondary N) is 5. The van der Waals surface area contributed by atoms with Crippen LogP contribution in [0.4, 0.5) is 27.5 Å². The minimum atomic E-state index is -0.358. The van der Waals surface area contributed by atoms with E-state index >= 15 is 0 Å². The van der Waals surface area contributed by atoms with E-state index in [-0.39, 0.29) is 23.5 Å². The molecule has 0 bridgehead atoms. The Morgan fingerprint density at radius 2 is 1.72 bits per heavy atom. The summed E-state index contributed by atoms with van der Waals surface area (Å²) in [6.07, 6.45) is 7.20. The molecule has 8 N–H and O–H groups in total. The molecule has 13 nitrogen and oxygen atoms in total. The summed E-state index contributed by atoms with van der Waals surface area (Å²) >= 11 is 1.52. The van der Waals surface area contributed by atoms with Crippen LogP contribution in [-0.4, -0.2) is 80.4 Å². The molecule has 1 aliphatic heterocycles. The van der Waals surface area contributed by atoms with Crippen molar-refractivity contribution in [2.45, 2.75) is 58.5 Å². The van der Waals surface area contributed by atoms with E-state index in [1.54, 1.807) is 43.5 Å². The normalized spacial score (nSPS) is 14.1. The Balaban J connectivity index is 1.27. The first-order valence-electron chi connectivity index (χ1n) is 19.2. The zero-order valence-corrected chi connectivity index (χ0v) is 34.5. The van der Waals surface area contributed by atoms with Gasteiger partial charge < -0.3 is 51.3 Å². The van der Waals surface area contributed by atoms with E-state index in [1.165, 1.54) is 18.2 Å². The average molecular weight is 797 g/mol. The molecule has 0 aromatic heterocycles. The molecule has 3 amide bonds. The van der Waals surface area contributed by atoms with Crippen LogP contribution in [0.25, 0.3) is 10.8 Å². The number of aliphatic hydroxyl groups excluding tert-OH is 1. The summed E-state index contributed by atoms with van der Waals surface area (Å²) in [6.45, 7) is 11.7. The van der Waals surface area contributed by atoms with Gasteiger partial charge in [-0.1, -0.05) is 63.9 Å². The van der Waals surface area contributed by atoms with E-state index in [2.05, 4.69) is 75.8 Å². The number of methoxy groups -OCH3 is 1. The Kier molecular flexibility index (Phi) is 15.1. The molecular formula is C43H56N8O5S. The number of nitrogens with zero attached hydrogens (tertiary/aromatic N) is 2. The van der Waals surface area contributed by atoms with Crippen LogP contribution in [0.5, 0.6) is 11.5 Å². The maximum atomic E-state index is 13.6. The fourth-order valence-corrected chi connectivity index (χ4v) is 7.06. The number of hydrogen-bond acceptors (Lipinski definition) is 11. The van der Waals surface area contributed by atoms with Crippen LogP contribution in [0, 0.1) is 0 Å². The number of carbonyl (C=O) groups excluding carboxylic acids is 2. The molecule has 0 aliphatic carbocycles. The first-order valence-corrected chi connectivity index (χ1v) is 20.4. The van der Waals surface area contributed by atoms with Crippen LogP contribution >= 0.6 is 11.9 Å². The Hall–Kier alpha value is -5.44. The SMILES string of the molecule is CCc1c(NSC)cc(C(C)(C)C)cc1NC(=O)Nc1ccc(OC(/C=N\N)=C/CNc2cc(OC)cc(C(=O)NCCN3CCC(O)CC3)c2)c2ccccc12. The summed E-state index contributed by atoms with van der Waals surface area (Å²) in [5.41, 5.74) is 5.52. The minimum Gasteiger partial charge on any atom is -0.497 e. The number of allylic oxidation sites excluding steroid dienone is 1. The lowest BCUT2D eigenvalue weighted by Gasteiger charge is -2.29. The molecule has 14 heteroatoms. The number of urea groups is 1. The quantitative estimate of drug-likeness (QED) is 0.0197. The number of benzene rings is 4. The van der Waals surface area contributed by atoms with Crippen molar-refractivity contribution in [2.24, 2.45) is 10.9 Å². The second-order valence-corrected chi connectivity index (χ2v) is 15.5. The number of anilines is 4. The summed E-state index contributed by atoms with van der Waals surface area (Å²) in [6, 6.07) is 20.4. The van der Waals surface area contributed by atoms with Crippen molar-refractivity contribution in [2.75, 3.05) is 66.8 Å². The summed E-state index contributed by atoms with van der Waals surface area (Å²) in [5, 5.41) is 27.5. The van der Waals surface area contributed by atoms with Crippen LogP contribution in [-0.2, 0) is 11.8 Å². The molecule has 57 heavy (non-hydrogen) atoms. The lowest BCUT2D eigenvalue weighted by atomic mass is 9.85. The van der Waals surface area contributed by atoms with Crippen molar-refractivity contribution >= 4 is 63.6 Å². The summed E-state index contributed by atoms with van der Waals surface area (Å²) < 4.78 is 15.2. The van der Waals surface area contributed by atoms with E-state index < -0.39 is 0 Å². The molecule has 0 unspecified atom stereocenters. The number of aliphatic hydroxyl groups is 1. The molecule has 4 aromatic rings. The number of ether oxygens (including phenoxy) is 2. The van der Waals surface area contributed by atoms with E-state index in [0.717, 1.165) is 72.2 Å². The van der Waals surface area contributed by atoms with E-state index in [0.29, 0.717) is 47.3 Å². The van der Waals surface area contributed by atoms with Gasteiger partial charge >= 0.3 is 6.03 Å². The number of nitrogens with two attached hydrogens (primary N) is 1. The molecule has 5 rings (SSSR count). The third-order valence-corrected chi connectivity index (χ3v) is 10.2. The van der Waals surface area contributed by atoms with Crippen LogP contribution < -0.4 is 41.3 Å². The van der Waals surface area contributed by atoms with Gasteiger partial charge in [-0.05, 0) is 78.3 Å². The number of rotatable bonds is 16. The largest absolute Gasteiger partial charge is 0.497 e. The number of fused-ring (bicyclic) bond motifs is 1. The first kappa shape index (κ1) is 42.7. The number of hydrogen-bond donors (Lipinski definition) is 7. The van der Waals surface area contributed by atoms with Crippen LogP contribution in [0.3, 0.4) is 0 Å². The van der Waals surface area contributed by atoms with Crippen molar-refractivity contribution in [3.63, 3.8) is 0 Å². The zero-order chi connectivity index (χ0) is 41.0. The van der Waals surface area contributed by atoms with Gasteiger partial charge in [0.1, 0.15) is 17.3 Å². The van der Waals surface area contributed by atoms with Gasteiger partial charge in [0, 0.05) is 78.4 Å². The molecule has 1 aliphatic rings. The van der Waals surface area contributed by atoms with Crippen molar-refractivity contribution in [3.8, 4) is 11.5 Å². The Bertz CT molecular complexity index is 2070. The highest BCUT2D eigenvalue weighted by atomic mass is 32.2. The second kappa shape index (κ2) is 20.1. The van der Waals surface area contributed by atoms with Crippen LogP contribution in [0.15, 0.2) is 83.7 Å². The van der Waals surface area contributed by atoms with E-state index in [4.69, 9.17) is 15.3 Å². The molecule has 0 radical (unpaired) electrons. The fraction of sp³-hybridized carbons (Fsp3) is 0.372. The first-order chi connectivity index (χ1) is 27.4. The fourth-order valence-electron chi connectivity index (χ4n) is 6.66. The smallest absolute Gasteiger partial charge is 0.323 e. The Labute approximate surface area is 340 Å². The maximum Gasteiger partial charge on any atom is 0.323 e. The van der Waals surface area contributed by atoms with Gasteiger partial charge in [0.2, 0.25) is 0 Å². The molecular weight excluding hydrogens is 741 g/mol. The molecule has 1 heterocycles. The standard InChI is InChI=1S/C43H56N8O5S/c1-7-34-38(24-29(43(2,3)4)25-39(34)50-57-6)49-42(54)48-37-12-13-40(36-11-9-8-10-35(36)37)56-32(27-47-44)14-17-45-30-22-28(23-33(26-30)55-5)41(53)46-18-21-51-19-15-31(52)16-20-51/h8-14,22-27,31,45,50,52H,7,15-21,44H2,1-6H3,(H,46,53)(H2,48,49,54)/b32-14+,47-27-. The molecule has 0 saturated carbocycles. The number of amides is 3. The highest BCUT2D eigenvalue weighted by Gasteiger charge is 2.21. The molecule has 0 spiro atoms. The predicted molar refractivity (Wildman–Crippen MR) is 235 cm³/mol. The third kappa shape index (κ3) is 11.8. The average Bonchev–Trinajstić information content (AvgIpc) is 3.19. The number of likely N-dealkylation sites (tertiary alicyclic amines) is 1. The van der Waals surface area contributed by atoms with Crippen LogP contribution in [0.2, 0.25) is 0 Å². The van der Waals surface area contributed by atoms with E-state index in [1.807, 2.05) is 30.5 Å². The van der Waals surface area contributed by atoms with Gasteiger partial charge in [0.15, 0.2) is 0 Å². The zero-order valence-electron chi connectivity index (χ0n) is 33.7. The van der Waals surface area contributed by atoms with Crippen LogP contribution in [0.1, 0.15) is 62.0 Å². The predicted octanol–water partition coefficient (Wildman–Crippen LogP) is 7.55. The molecule has 1 fully saturated rings. The number of piperidine rings is 1. The number of hydrazone groups is 1. The van der Waals surface area contributed by atoms with E-state index in [9.17, 15) is 14.7 Å². The van der Waals surface area contributed by atoms with Gasteiger partial charge in [-0.3, -0.25) is 4.79 Å². The van der Waals surface area contributed by atoms with Crippen molar-refractivity contribution in [3.05, 3.63) is 95.3 Å². The molecule has 0 atom stereocenters. The monoisotopic (exact) mass is 796 g/mol. The van der Waals surface area contributed by atoms with Crippen molar-refractivity contribution < 1.29 is 24.2 Å². The summed E-state index contributed by atoms with van der Waals surface area (Å²) in [7, 11) is 1.56. The highest BCUT2D eigenvalue weighted by Crippen LogP contribution is 2.36. The van der Waals surface area contributed by atoms with Gasteiger partial charge in [-0.15, -0.1) is 0 Å². The lowest BCUT2D eigenvalue weighted by molar-refractivity contribution is 0.0804. The van der Waals surface area contributed by atoms with Crippen molar-refractivity contribution in [1.29, 1.82) is 0 Å². The topological polar surface area (TPSA) is 175 Å². The molecule has 304 valence electrons. The Morgan fingerprint density at radius 1 is 1.00 bits per heavy atom. The molecule has 1 saturated heterocycles.